The number of carboxylic acids is 1. The molecule has 2 aromatic heterocycles. The second-order valence-electron chi connectivity index (χ2n) is 7.65. The van der Waals surface area contributed by atoms with E-state index in [0.717, 1.165) is 12.1 Å². The van der Waals surface area contributed by atoms with Crippen molar-refractivity contribution in [1.82, 2.24) is 9.97 Å². The molecule has 4 aromatic rings. The maximum Gasteiger partial charge on any atom is 0.573 e. The molecule has 0 aliphatic carbocycles. The predicted octanol–water partition coefficient (Wildman–Crippen LogP) is 6.35. The molecular weight excluding hydrogens is 494 g/mol. The average Bonchev–Trinajstić information content (AvgIpc) is 3.18. The van der Waals surface area contributed by atoms with Gasteiger partial charge in [0.15, 0.2) is 5.69 Å². The standard InChI is InChI=1S/C24H16F6N2O4/c25-23(26,27)22-14(3-8-19(32-22)13-1-4-16(5-2-13)36-24(28,29)30)12-35-17-6-7-18-15(9-21(33)34)11-31-20(18)10-17/h1-8,10-11,31H,9,12H2,(H,33,34). The lowest BCUT2D eigenvalue weighted by Crippen LogP contribution is -2.17. The van der Waals surface area contributed by atoms with Crippen LogP contribution in [0.15, 0.2) is 60.8 Å². The van der Waals surface area contributed by atoms with Crippen molar-refractivity contribution in [2.75, 3.05) is 0 Å². The number of benzene rings is 2. The molecule has 2 N–H and O–H groups in total. The van der Waals surface area contributed by atoms with Crippen molar-refractivity contribution in [2.45, 2.75) is 25.6 Å². The van der Waals surface area contributed by atoms with Crippen molar-refractivity contribution >= 4 is 16.9 Å². The first kappa shape index (κ1) is 24.9. The number of fused-ring (bicyclic) bond motifs is 1. The zero-order chi connectivity index (χ0) is 26.1. The van der Waals surface area contributed by atoms with Gasteiger partial charge in [0.2, 0.25) is 0 Å². The molecule has 0 saturated heterocycles. The Hall–Kier alpha value is -4.22. The SMILES string of the molecule is O=C(O)Cc1c[nH]c2cc(OCc3ccc(-c4ccc(OC(F)(F)F)cc4)nc3C(F)(F)F)ccc12. The molecule has 36 heavy (non-hydrogen) atoms. The van der Waals surface area contributed by atoms with Crippen molar-refractivity contribution in [3.05, 3.63) is 77.6 Å². The molecule has 0 aliphatic rings. The number of nitrogens with zero attached hydrogens (tertiary/aromatic N) is 1. The molecule has 0 radical (unpaired) electrons. The number of aliphatic carboxylic acids is 1. The van der Waals surface area contributed by atoms with Crippen molar-refractivity contribution < 1.29 is 45.7 Å². The summed E-state index contributed by atoms with van der Waals surface area (Å²) in [5.41, 5.74) is -0.255. The molecule has 4 rings (SSSR count). The van der Waals surface area contributed by atoms with Gasteiger partial charge >= 0.3 is 18.5 Å². The number of aromatic nitrogens is 2. The Morgan fingerprint density at radius 2 is 1.61 bits per heavy atom. The smallest absolute Gasteiger partial charge is 0.489 e. The summed E-state index contributed by atoms with van der Waals surface area (Å²) in [6.07, 6.45) is -8.36. The molecule has 0 unspecified atom stereocenters. The number of pyridine rings is 1. The number of aromatic amines is 1. The largest absolute Gasteiger partial charge is 0.573 e. The third-order valence-electron chi connectivity index (χ3n) is 5.11. The molecule has 0 fully saturated rings. The van der Waals surface area contributed by atoms with Crippen LogP contribution in [0, 0.1) is 0 Å². The summed E-state index contributed by atoms with van der Waals surface area (Å²) in [5, 5.41) is 9.61. The van der Waals surface area contributed by atoms with Crippen molar-refractivity contribution in [3.63, 3.8) is 0 Å². The third-order valence-corrected chi connectivity index (χ3v) is 5.11. The van der Waals surface area contributed by atoms with Gasteiger partial charge < -0.3 is 19.6 Å². The lowest BCUT2D eigenvalue weighted by molar-refractivity contribution is -0.274. The minimum absolute atomic E-state index is 0.0941. The highest BCUT2D eigenvalue weighted by Crippen LogP contribution is 2.34. The number of H-pyrrole nitrogens is 1. The van der Waals surface area contributed by atoms with Crippen LogP contribution in [0.2, 0.25) is 0 Å². The lowest BCUT2D eigenvalue weighted by atomic mass is 10.1. The molecule has 0 spiro atoms. The van der Waals surface area contributed by atoms with E-state index in [9.17, 15) is 31.1 Å². The monoisotopic (exact) mass is 510 g/mol. The minimum Gasteiger partial charge on any atom is -0.489 e. The zero-order valence-electron chi connectivity index (χ0n) is 18.1. The van der Waals surface area contributed by atoms with Gasteiger partial charge in [0.05, 0.1) is 12.1 Å². The van der Waals surface area contributed by atoms with Crippen LogP contribution in [0.3, 0.4) is 0 Å². The van der Waals surface area contributed by atoms with Crippen LogP contribution in [0.25, 0.3) is 22.2 Å². The van der Waals surface area contributed by atoms with E-state index in [0.29, 0.717) is 16.5 Å². The number of nitrogens with one attached hydrogen (secondary N) is 1. The first-order valence-electron chi connectivity index (χ1n) is 10.3. The summed E-state index contributed by atoms with van der Waals surface area (Å²) >= 11 is 0. The van der Waals surface area contributed by atoms with Gasteiger partial charge in [-0.2, -0.15) is 13.2 Å². The highest BCUT2D eigenvalue weighted by atomic mass is 19.4. The van der Waals surface area contributed by atoms with E-state index in [2.05, 4.69) is 14.7 Å². The molecule has 2 heterocycles. The topological polar surface area (TPSA) is 84.4 Å². The summed E-state index contributed by atoms with van der Waals surface area (Å²) in [5.74, 6) is -1.26. The summed E-state index contributed by atoms with van der Waals surface area (Å²) in [6, 6.07) is 11.5. The minimum atomic E-state index is -4.89. The molecule has 188 valence electrons. The van der Waals surface area contributed by atoms with Gasteiger partial charge in [-0.25, -0.2) is 4.98 Å². The fourth-order valence-corrected chi connectivity index (χ4v) is 3.56. The van der Waals surface area contributed by atoms with Gasteiger partial charge in [-0.3, -0.25) is 4.79 Å². The quantitative estimate of drug-likeness (QED) is 0.283. The fraction of sp³-hybridized carbons (Fsp3) is 0.167. The Balaban J connectivity index is 1.55. The van der Waals surface area contributed by atoms with Crippen LogP contribution < -0.4 is 9.47 Å². The lowest BCUT2D eigenvalue weighted by Gasteiger charge is -2.15. The average molecular weight is 510 g/mol. The number of carbonyl (C=O) groups is 1. The van der Waals surface area contributed by atoms with Crippen LogP contribution >= 0.6 is 0 Å². The van der Waals surface area contributed by atoms with E-state index in [-0.39, 0.29) is 29.0 Å². The summed E-state index contributed by atoms with van der Waals surface area (Å²) < 4.78 is 87.4. The number of ether oxygens (including phenoxy) is 2. The van der Waals surface area contributed by atoms with Crippen molar-refractivity contribution in [3.8, 4) is 22.8 Å². The molecule has 0 amide bonds. The second kappa shape index (κ2) is 9.44. The van der Waals surface area contributed by atoms with E-state index in [1.54, 1.807) is 12.1 Å². The Morgan fingerprint density at radius 1 is 0.917 bits per heavy atom. The predicted molar refractivity (Wildman–Crippen MR) is 115 cm³/mol. The Labute approximate surface area is 199 Å². The van der Waals surface area contributed by atoms with Crippen LogP contribution in [-0.2, 0) is 24.0 Å². The highest BCUT2D eigenvalue weighted by molar-refractivity contribution is 5.87. The molecule has 0 aliphatic heterocycles. The number of halogens is 6. The van der Waals surface area contributed by atoms with E-state index < -0.39 is 36.6 Å². The van der Waals surface area contributed by atoms with E-state index in [1.807, 2.05) is 0 Å². The second-order valence-corrected chi connectivity index (χ2v) is 7.65. The van der Waals surface area contributed by atoms with Gasteiger partial charge in [-0.15, -0.1) is 13.2 Å². The Morgan fingerprint density at radius 3 is 2.25 bits per heavy atom. The molecular formula is C24H16F6N2O4. The number of hydrogen-bond donors (Lipinski definition) is 2. The molecule has 6 nitrogen and oxygen atoms in total. The summed E-state index contributed by atoms with van der Waals surface area (Å²) in [4.78, 5) is 17.5. The molecule has 12 heteroatoms. The number of rotatable bonds is 7. The van der Waals surface area contributed by atoms with Crippen LogP contribution in [0.1, 0.15) is 16.8 Å². The number of hydrogen-bond acceptors (Lipinski definition) is 4. The van der Waals surface area contributed by atoms with Crippen LogP contribution in [0.5, 0.6) is 11.5 Å². The highest BCUT2D eigenvalue weighted by Gasteiger charge is 2.36. The maximum atomic E-state index is 13.7. The van der Waals surface area contributed by atoms with Gasteiger partial charge in [0.1, 0.15) is 18.1 Å². The number of carboxylic acid groups (broad SMARTS) is 1. The molecule has 0 atom stereocenters. The van der Waals surface area contributed by atoms with Gasteiger partial charge in [0.25, 0.3) is 0 Å². The summed E-state index contributed by atoms with van der Waals surface area (Å²) in [7, 11) is 0. The van der Waals surface area contributed by atoms with Crippen molar-refractivity contribution in [2.24, 2.45) is 0 Å². The van der Waals surface area contributed by atoms with E-state index in [1.165, 1.54) is 36.5 Å². The van der Waals surface area contributed by atoms with Crippen molar-refractivity contribution in [1.29, 1.82) is 0 Å². The maximum absolute atomic E-state index is 13.7. The number of alkyl halides is 6. The first-order valence-corrected chi connectivity index (χ1v) is 10.3. The van der Waals surface area contributed by atoms with Crippen LogP contribution in [-0.4, -0.2) is 27.4 Å². The molecule has 0 saturated carbocycles. The zero-order valence-corrected chi connectivity index (χ0v) is 18.1. The van der Waals surface area contributed by atoms with Gasteiger partial charge in [0, 0.05) is 34.3 Å². The molecule has 0 bridgehead atoms. The van der Waals surface area contributed by atoms with Gasteiger partial charge in [-0.05, 0) is 48.0 Å². The third kappa shape index (κ3) is 5.88. The van der Waals surface area contributed by atoms with E-state index in [4.69, 9.17) is 9.84 Å². The Bertz CT molecular complexity index is 1390. The molecule has 2 aromatic carbocycles. The first-order chi connectivity index (χ1) is 16.9. The van der Waals surface area contributed by atoms with Crippen LogP contribution in [0.4, 0.5) is 26.3 Å². The fourth-order valence-electron chi connectivity index (χ4n) is 3.56. The summed E-state index contributed by atoms with van der Waals surface area (Å²) in [6.45, 7) is -0.464. The Kier molecular flexibility index (Phi) is 6.53. The van der Waals surface area contributed by atoms with E-state index >= 15 is 0 Å². The normalized spacial score (nSPS) is 12.1. The van der Waals surface area contributed by atoms with Gasteiger partial charge in [-0.1, -0.05) is 6.07 Å².